The van der Waals surface area contributed by atoms with E-state index in [2.05, 4.69) is 43.1 Å². The largest absolute Gasteiger partial charge is 0.391 e. The summed E-state index contributed by atoms with van der Waals surface area (Å²) in [6, 6.07) is 20.8. The second-order valence-electron chi connectivity index (χ2n) is 5.62. The minimum absolute atomic E-state index is 0.00779. The van der Waals surface area contributed by atoms with Gasteiger partial charge in [0.2, 0.25) is 0 Å². The zero-order chi connectivity index (χ0) is 16.5. The second-order valence-corrected chi connectivity index (χ2v) is 6.71. The number of thioether (sulfide) groups is 1. The average Bonchev–Trinajstić information content (AvgIpc) is 2.60. The molecule has 122 valence electrons. The van der Waals surface area contributed by atoms with E-state index in [1.807, 2.05) is 36.4 Å². The van der Waals surface area contributed by atoms with Gasteiger partial charge in [-0.1, -0.05) is 54.6 Å². The molecule has 2 aromatic rings. The maximum Gasteiger partial charge on any atom is 0.0735 e. The van der Waals surface area contributed by atoms with Crippen LogP contribution in [0.1, 0.15) is 24.9 Å². The summed E-state index contributed by atoms with van der Waals surface area (Å²) in [5, 5.41) is 14.0. The predicted molar refractivity (Wildman–Crippen MR) is 99.8 cm³/mol. The van der Waals surface area contributed by atoms with E-state index >= 15 is 0 Å². The van der Waals surface area contributed by atoms with Crippen molar-refractivity contribution in [1.82, 2.24) is 5.32 Å². The third-order valence-electron chi connectivity index (χ3n) is 3.81. The Morgan fingerprint density at radius 3 is 2.30 bits per heavy atom. The number of nitrogens with one attached hydrogen (secondary N) is 1. The molecule has 2 nitrogen and oxygen atoms in total. The van der Waals surface area contributed by atoms with Crippen molar-refractivity contribution in [2.24, 2.45) is 0 Å². The fraction of sp³-hybridized carbons (Fsp3) is 0.300. The van der Waals surface area contributed by atoms with Crippen LogP contribution in [0, 0.1) is 0 Å². The summed E-state index contributed by atoms with van der Waals surface area (Å²) in [5.74, 6) is 0.816. The van der Waals surface area contributed by atoms with Crippen molar-refractivity contribution in [3.05, 3.63) is 78.9 Å². The molecular weight excluding hydrogens is 302 g/mol. The second kappa shape index (κ2) is 9.56. The van der Waals surface area contributed by atoms with Crippen molar-refractivity contribution in [2.75, 3.05) is 5.75 Å². The van der Waals surface area contributed by atoms with Crippen LogP contribution in [0.15, 0.2) is 78.2 Å². The SMILES string of the molecule is C=CC[C@@H](O)[C@@H](CSc1ccccc1)N[C@H](C)c1ccccc1. The van der Waals surface area contributed by atoms with Crippen molar-refractivity contribution in [1.29, 1.82) is 0 Å². The molecular formula is C20H25NOS. The van der Waals surface area contributed by atoms with E-state index in [4.69, 9.17) is 0 Å². The van der Waals surface area contributed by atoms with E-state index in [0.29, 0.717) is 6.42 Å². The van der Waals surface area contributed by atoms with Crippen LogP contribution in [-0.4, -0.2) is 23.0 Å². The Kier molecular flexibility index (Phi) is 7.40. The first-order valence-corrected chi connectivity index (χ1v) is 8.97. The Hall–Kier alpha value is -1.55. The summed E-state index contributed by atoms with van der Waals surface area (Å²) in [7, 11) is 0. The molecule has 0 spiro atoms. The van der Waals surface area contributed by atoms with Crippen molar-refractivity contribution in [3.63, 3.8) is 0 Å². The fourth-order valence-electron chi connectivity index (χ4n) is 2.47. The molecule has 3 heteroatoms. The summed E-state index contributed by atoms with van der Waals surface area (Å²) in [4.78, 5) is 1.22. The average molecular weight is 327 g/mol. The van der Waals surface area contributed by atoms with Gasteiger partial charge in [0.05, 0.1) is 6.10 Å². The Morgan fingerprint density at radius 2 is 1.70 bits per heavy atom. The minimum atomic E-state index is -0.435. The van der Waals surface area contributed by atoms with Gasteiger partial charge in [-0.2, -0.15) is 0 Å². The highest BCUT2D eigenvalue weighted by Crippen LogP contribution is 2.22. The lowest BCUT2D eigenvalue weighted by molar-refractivity contribution is 0.134. The number of hydrogen-bond donors (Lipinski definition) is 2. The Bertz CT molecular complexity index is 573. The van der Waals surface area contributed by atoms with Gasteiger partial charge >= 0.3 is 0 Å². The van der Waals surface area contributed by atoms with Crippen molar-refractivity contribution >= 4 is 11.8 Å². The molecule has 3 atom stereocenters. The lowest BCUT2D eigenvalue weighted by Crippen LogP contribution is -2.43. The lowest BCUT2D eigenvalue weighted by Gasteiger charge is -2.27. The van der Waals surface area contributed by atoms with Gasteiger partial charge in [0.25, 0.3) is 0 Å². The van der Waals surface area contributed by atoms with Crippen LogP contribution in [0.4, 0.5) is 0 Å². The smallest absolute Gasteiger partial charge is 0.0735 e. The minimum Gasteiger partial charge on any atom is -0.391 e. The van der Waals surface area contributed by atoms with Crippen molar-refractivity contribution in [2.45, 2.75) is 36.4 Å². The van der Waals surface area contributed by atoms with Crippen LogP contribution >= 0.6 is 11.8 Å². The predicted octanol–water partition coefficient (Wildman–Crippen LogP) is 4.44. The molecule has 0 radical (unpaired) electrons. The number of rotatable bonds is 9. The topological polar surface area (TPSA) is 32.3 Å². The zero-order valence-electron chi connectivity index (χ0n) is 13.6. The number of hydrogen-bond acceptors (Lipinski definition) is 3. The van der Waals surface area contributed by atoms with Crippen LogP contribution in [-0.2, 0) is 0 Å². The van der Waals surface area contributed by atoms with Crippen LogP contribution in [0.25, 0.3) is 0 Å². The van der Waals surface area contributed by atoms with Crippen LogP contribution in [0.2, 0.25) is 0 Å². The molecule has 2 N–H and O–H groups in total. The van der Waals surface area contributed by atoms with E-state index < -0.39 is 6.10 Å². The van der Waals surface area contributed by atoms with Crippen LogP contribution < -0.4 is 5.32 Å². The normalized spacial score (nSPS) is 14.9. The van der Waals surface area contributed by atoms with Gasteiger partial charge in [-0.15, -0.1) is 18.3 Å². The first-order valence-electron chi connectivity index (χ1n) is 7.98. The highest BCUT2D eigenvalue weighted by molar-refractivity contribution is 7.99. The lowest BCUT2D eigenvalue weighted by atomic mass is 10.0. The standard InChI is InChI=1S/C20H25NOS/c1-3-10-20(22)19(15-23-18-13-8-5-9-14-18)21-16(2)17-11-6-4-7-12-17/h3-9,11-14,16,19-22H,1,10,15H2,2H3/t16-,19-,20-/m1/s1. The fourth-order valence-corrected chi connectivity index (χ4v) is 3.51. The molecule has 0 aromatic heterocycles. The van der Waals surface area contributed by atoms with Crippen molar-refractivity contribution in [3.8, 4) is 0 Å². The maximum atomic E-state index is 10.4. The van der Waals surface area contributed by atoms with Gasteiger partial charge in [-0.3, -0.25) is 0 Å². The summed E-state index contributed by atoms with van der Waals surface area (Å²) in [6.45, 7) is 5.88. The van der Waals surface area contributed by atoms with Crippen LogP contribution in [0.5, 0.6) is 0 Å². The molecule has 0 unspecified atom stereocenters. The van der Waals surface area contributed by atoms with E-state index in [1.54, 1.807) is 17.8 Å². The third-order valence-corrected chi connectivity index (χ3v) is 4.94. The molecule has 0 heterocycles. The monoisotopic (exact) mass is 327 g/mol. The van der Waals surface area contributed by atoms with Gasteiger partial charge in [0.1, 0.15) is 0 Å². The molecule has 2 aromatic carbocycles. The molecule has 0 saturated carbocycles. The highest BCUT2D eigenvalue weighted by Gasteiger charge is 2.20. The molecule has 0 saturated heterocycles. The van der Waals surface area contributed by atoms with Crippen LogP contribution in [0.3, 0.4) is 0 Å². The highest BCUT2D eigenvalue weighted by atomic mass is 32.2. The molecule has 2 rings (SSSR count). The Balaban J connectivity index is 2.00. The summed E-state index contributed by atoms with van der Waals surface area (Å²) < 4.78 is 0. The quantitative estimate of drug-likeness (QED) is 0.528. The first-order chi connectivity index (χ1) is 11.2. The van der Waals surface area contributed by atoms with Gasteiger partial charge in [-0.25, -0.2) is 0 Å². The number of aliphatic hydroxyl groups excluding tert-OH is 1. The summed E-state index contributed by atoms with van der Waals surface area (Å²) in [5.41, 5.74) is 1.23. The summed E-state index contributed by atoms with van der Waals surface area (Å²) >= 11 is 1.76. The molecule has 0 aliphatic carbocycles. The van der Waals surface area contributed by atoms with Gasteiger partial charge in [0.15, 0.2) is 0 Å². The molecule has 0 fully saturated rings. The maximum absolute atomic E-state index is 10.4. The third kappa shape index (κ3) is 5.87. The Morgan fingerprint density at radius 1 is 1.09 bits per heavy atom. The van der Waals surface area contributed by atoms with E-state index in [9.17, 15) is 5.11 Å². The molecule has 0 aliphatic rings. The summed E-state index contributed by atoms with van der Waals surface area (Å²) in [6.07, 6.45) is 1.93. The zero-order valence-corrected chi connectivity index (χ0v) is 14.4. The van der Waals surface area contributed by atoms with Gasteiger partial charge < -0.3 is 10.4 Å². The first kappa shape index (κ1) is 17.8. The number of aliphatic hydroxyl groups is 1. The van der Waals surface area contributed by atoms with E-state index in [1.165, 1.54) is 10.5 Å². The molecule has 0 aliphatic heterocycles. The van der Waals surface area contributed by atoms with Crippen molar-refractivity contribution < 1.29 is 5.11 Å². The van der Waals surface area contributed by atoms with Gasteiger partial charge in [0, 0.05) is 22.7 Å². The van der Waals surface area contributed by atoms with E-state index in [0.717, 1.165) is 5.75 Å². The molecule has 0 bridgehead atoms. The number of benzene rings is 2. The molecule has 0 amide bonds. The molecule has 23 heavy (non-hydrogen) atoms. The van der Waals surface area contributed by atoms with Gasteiger partial charge in [-0.05, 0) is 31.0 Å². The Labute approximate surface area is 143 Å². The van der Waals surface area contributed by atoms with E-state index in [-0.39, 0.29) is 12.1 Å².